The van der Waals surface area contributed by atoms with Gasteiger partial charge in [-0.05, 0) is 37.5 Å². The number of pyridine rings is 1. The molecule has 1 saturated carbocycles. The van der Waals surface area contributed by atoms with Crippen molar-refractivity contribution in [2.75, 3.05) is 38.3 Å². The number of hydrogen-bond acceptors (Lipinski definition) is 5. The van der Waals surface area contributed by atoms with Crippen molar-refractivity contribution in [3.63, 3.8) is 0 Å². The van der Waals surface area contributed by atoms with E-state index < -0.39 is 0 Å². The zero-order valence-electron chi connectivity index (χ0n) is 16.3. The molecule has 1 atom stereocenters. The molecule has 1 N–H and O–H groups in total. The van der Waals surface area contributed by atoms with Crippen LogP contribution in [0.3, 0.4) is 0 Å². The molecule has 0 bridgehead atoms. The highest BCUT2D eigenvalue weighted by Crippen LogP contribution is 2.30. The Kier molecular flexibility index (Phi) is 5.79. The van der Waals surface area contributed by atoms with E-state index >= 15 is 0 Å². The summed E-state index contributed by atoms with van der Waals surface area (Å²) in [6.45, 7) is 3.23. The molecule has 0 unspecified atom stereocenters. The third-order valence-electron chi connectivity index (χ3n) is 6.25. The van der Waals surface area contributed by atoms with Crippen molar-refractivity contribution in [1.82, 2.24) is 9.88 Å². The van der Waals surface area contributed by atoms with Crippen molar-refractivity contribution < 1.29 is 9.84 Å². The standard InChI is InChI=1S/C22H31N3O2/c1-27-20-9-5-6-17-10-11-21(23-22(17)20)24-13-14-25(19(16-24)12-15-26)18-7-3-2-4-8-18/h5-6,9-11,18-19,26H,2-4,7-8,12-16H2,1H3/t19-/m1/s1. The van der Waals surface area contributed by atoms with Gasteiger partial charge in [0.15, 0.2) is 0 Å². The van der Waals surface area contributed by atoms with Crippen LogP contribution in [0.1, 0.15) is 38.5 Å². The summed E-state index contributed by atoms with van der Waals surface area (Å²) >= 11 is 0. The van der Waals surface area contributed by atoms with Crippen LogP contribution in [0.5, 0.6) is 5.75 Å². The van der Waals surface area contributed by atoms with Gasteiger partial charge in [-0.15, -0.1) is 0 Å². The first kappa shape index (κ1) is 18.5. The highest BCUT2D eigenvalue weighted by atomic mass is 16.5. The van der Waals surface area contributed by atoms with Crippen LogP contribution in [-0.4, -0.2) is 60.4 Å². The Labute approximate surface area is 161 Å². The fourth-order valence-corrected chi connectivity index (χ4v) is 4.83. The Morgan fingerprint density at radius 1 is 1.11 bits per heavy atom. The molecule has 2 aromatic rings. The highest BCUT2D eigenvalue weighted by molar-refractivity contribution is 5.86. The molecule has 1 aromatic carbocycles. The molecule has 0 spiro atoms. The molecule has 146 valence electrons. The number of aliphatic hydroxyl groups excluding tert-OH is 1. The third kappa shape index (κ3) is 3.90. The lowest BCUT2D eigenvalue weighted by atomic mass is 9.92. The van der Waals surface area contributed by atoms with Crippen molar-refractivity contribution in [1.29, 1.82) is 0 Å². The minimum Gasteiger partial charge on any atom is -0.494 e. The van der Waals surface area contributed by atoms with Crippen LogP contribution in [0.15, 0.2) is 30.3 Å². The molecular weight excluding hydrogens is 338 g/mol. The fraction of sp³-hybridized carbons (Fsp3) is 0.591. The summed E-state index contributed by atoms with van der Waals surface area (Å²) in [4.78, 5) is 9.98. The van der Waals surface area contributed by atoms with E-state index in [0.717, 1.165) is 48.5 Å². The quantitative estimate of drug-likeness (QED) is 0.875. The van der Waals surface area contributed by atoms with E-state index in [1.165, 1.54) is 32.1 Å². The molecule has 0 radical (unpaired) electrons. The molecule has 5 nitrogen and oxygen atoms in total. The number of methoxy groups -OCH3 is 1. The van der Waals surface area contributed by atoms with Gasteiger partial charge in [0.05, 0.1) is 7.11 Å². The summed E-state index contributed by atoms with van der Waals surface area (Å²) in [5.74, 6) is 1.83. The first-order valence-corrected chi connectivity index (χ1v) is 10.4. The van der Waals surface area contributed by atoms with Gasteiger partial charge in [-0.2, -0.15) is 0 Å². The van der Waals surface area contributed by atoms with Crippen LogP contribution in [0.25, 0.3) is 10.9 Å². The van der Waals surface area contributed by atoms with Crippen LogP contribution >= 0.6 is 0 Å². The predicted octanol–water partition coefficient (Wildman–Crippen LogP) is 3.45. The average molecular weight is 370 g/mol. The first-order chi connectivity index (χ1) is 13.3. The minimum absolute atomic E-state index is 0.251. The maximum absolute atomic E-state index is 9.62. The lowest BCUT2D eigenvalue weighted by molar-refractivity contribution is 0.0756. The Morgan fingerprint density at radius 2 is 1.96 bits per heavy atom. The van der Waals surface area contributed by atoms with Crippen LogP contribution in [0.2, 0.25) is 0 Å². The summed E-state index contributed by atoms with van der Waals surface area (Å²) in [6.07, 6.45) is 7.54. The summed E-state index contributed by atoms with van der Waals surface area (Å²) in [5, 5.41) is 10.7. The molecule has 1 aliphatic carbocycles. The van der Waals surface area contributed by atoms with Gasteiger partial charge in [-0.25, -0.2) is 4.98 Å². The number of nitrogens with zero attached hydrogens (tertiary/aromatic N) is 3. The van der Waals surface area contributed by atoms with E-state index in [1.54, 1.807) is 7.11 Å². The number of ether oxygens (including phenoxy) is 1. The largest absolute Gasteiger partial charge is 0.494 e. The topological polar surface area (TPSA) is 48.8 Å². The van der Waals surface area contributed by atoms with Crippen LogP contribution < -0.4 is 9.64 Å². The molecule has 5 heteroatoms. The Morgan fingerprint density at radius 3 is 2.74 bits per heavy atom. The van der Waals surface area contributed by atoms with E-state index in [2.05, 4.69) is 28.0 Å². The minimum atomic E-state index is 0.251. The number of aliphatic hydroxyl groups is 1. The van der Waals surface area contributed by atoms with Crippen molar-refractivity contribution >= 4 is 16.7 Å². The third-order valence-corrected chi connectivity index (χ3v) is 6.25. The van der Waals surface area contributed by atoms with Gasteiger partial charge < -0.3 is 14.7 Å². The molecule has 2 fully saturated rings. The second kappa shape index (κ2) is 8.44. The smallest absolute Gasteiger partial charge is 0.145 e. The second-order valence-electron chi connectivity index (χ2n) is 7.84. The lowest BCUT2D eigenvalue weighted by Gasteiger charge is -2.46. The Balaban J connectivity index is 1.55. The number of aromatic nitrogens is 1. The molecule has 27 heavy (non-hydrogen) atoms. The first-order valence-electron chi connectivity index (χ1n) is 10.4. The Bertz CT molecular complexity index is 760. The van der Waals surface area contributed by atoms with Crippen LogP contribution in [0.4, 0.5) is 5.82 Å². The van der Waals surface area contributed by atoms with E-state index in [0.29, 0.717) is 12.1 Å². The number of para-hydroxylation sites is 1. The number of hydrogen-bond donors (Lipinski definition) is 1. The average Bonchev–Trinajstić information content (AvgIpc) is 2.73. The van der Waals surface area contributed by atoms with Gasteiger partial charge in [0, 0.05) is 43.7 Å². The lowest BCUT2D eigenvalue weighted by Crippen LogP contribution is -2.57. The van der Waals surface area contributed by atoms with Crippen molar-refractivity contribution in [3.05, 3.63) is 30.3 Å². The number of rotatable bonds is 5. The molecule has 1 aliphatic heterocycles. The van der Waals surface area contributed by atoms with Gasteiger partial charge >= 0.3 is 0 Å². The second-order valence-corrected chi connectivity index (χ2v) is 7.84. The monoisotopic (exact) mass is 369 g/mol. The zero-order valence-corrected chi connectivity index (χ0v) is 16.3. The molecule has 1 saturated heterocycles. The van der Waals surface area contributed by atoms with Crippen LogP contribution in [0, 0.1) is 0 Å². The summed E-state index contributed by atoms with van der Waals surface area (Å²) in [5.41, 5.74) is 0.922. The molecular formula is C22H31N3O2. The molecule has 0 amide bonds. The van der Waals surface area contributed by atoms with Gasteiger partial charge in [-0.1, -0.05) is 31.4 Å². The molecule has 2 aliphatic rings. The molecule has 1 aromatic heterocycles. The number of fused-ring (bicyclic) bond motifs is 1. The number of piperazine rings is 1. The van der Waals surface area contributed by atoms with Crippen LogP contribution in [-0.2, 0) is 0 Å². The molecule has 4 rings (SSSR count). The predicted molar refractivity (Wildman–Crippen MR) is 110 cm³/mol. The zero-order chi connectivity index (χ0) is 18.6. The van der Waals surface area contributed by atoms with E-state index in [-0.39, 0.29) is 6.61 Å². The maximum atomic E-state index is 9.62. The summed E-state index contributed by atoms with van der Waals surface area (Å²) in [6, 6.07) is 11.4. The van der Waals surface area contributed by atoms with Gasteiger partial charge in [0.1, 0.15) is 17.1 Å². The SMILES string of the molecule is COc1cccc2ccc(N3CCN(C4CCCCC4)[C@H](CCO)C3)nc12. The summed E-state index contributed by atoms with van der Waals surface area (Å²) in [7, 11) is 1.70. The summed E-state index contributed by atoms with van der Waals surface area (Å²) < 4.78 is 5.50. The normalized spacial score (nSPS) is 22.3. The van der Waals surface area contributed by atoms with Gasteiger partial charge in [0.2, 0.25) is 0 Å². The van der Waals surface area contributed by atoms with Crippen molar-refractivity contribution in [3.8, 4) is 5.75 Å². The number of benzene rings is 1. The maximum Gasteiger partial charge on any atom is 0.145 e. The molecule has 2 heterocycles. The van der Waals surface area contributed by atoms with Gasteiger partial charge in [-0.3, -0.25) is 4.90 Å². The van der Waals surface area contributed by atoms with E-state index in [9.17, 15) is 5.11 Å². The van der Waals surface area contributed by atoms with Gasteiger partial charge in [0.25, 0.3) is 0 Å². The van der Waals surface area contributed by atoms with Crippen molar-refractivity contribution in [2.24, 2.45) is 0 Å². The van der Waals surface area contributed by atoms with Crippen molar-refractivity contribution in [2.45, 2.75) is 50.6 Å². The fourth-order valence-electron chi connectivity index (χ4n) is 4.83. The van der Waals surface area contributed by atoms with E-state index in [1.807, 2.05) is 12.1 Å². The van der Waals surface area contributed by atoms with E-state index in [4.69, 9.17) is 9.72 Å². The Hall–Kier alpha value is -1.85. The number of anilines is 1. The highest BCUT2D eigenvalue weighted by Gasteiger charge is 2.32.